The van der Waals surface area contributed by atoms with Crippen molar-refractivity contribution < 1.29 is 19.8 Å². The molecule has 0 saturated heterocycles. The maximum Gasteiger partial charge on any atom is 0.325 e. The molecule has 5 nitrogen and oxygen atoms in total. The molecular weight excluding hydrogens is 366 g/mol. The highest BCUT2D eigenvalue weighted by atomic mass is 16.7. The minimum absolute atomic E-state index is 0.292. The third-order valence-electron chi connectivity index (χ3n) is 4.83. The first-order valence-corrected chi connectivity index (χ1v) is 11.7. The number of rotatable bonds is 18. The zero-order chi connectivity index (χ0) is 22.2. The van der Waals surface area contributed by atoms with Gasteiger partial charge in [0.25, 0.3) is 0 Å². The minimum atomic E-state index is -1.45. The lowest BCUT2D eigenvalue weighted by Crippen LogP contribution is -2.56. The van der Waals surface area contributed by atoms with E-state index in [0.29, 0.717) is 6.42 Å². The van der Waals surface area contributed by atoms with E-state index < -0.39 is 17.4 Å². The zero-order valence-corrected chi connectivity index (χ0v) is 19.7. The monoisotopic (exact) mass is 413 g/mol. The lowest BCUT2D eigenvalue weighted by Gasteiger charge is -2.39. The molecule has 0 aliphatic rings. The normalized spacial score (nSPS) is 12.8. The predicted octanol–water partition coefficient (Wildman–Crippen LogP) is 6.24. The fourth-order valence-electron chi connectivity index (χ4n) is 3.38. The minimum Gasteiger partial charge on any atom is -0.373 e. The van der Waals surface area contributed by atoms with Gasteiger partial charge in [0.05, 0.1) is 0 Å². The summed E-state index contributed by atoms with van der Waals surface area (Å²) in [6.45, 7) is 8.14. The van der Waals surface area contributed by atoms with E-state index in [4.69, 9.17) is 4.84 Å². The lowest BCUT2D eigenvalue weighted by atomic mass is 10.1. The van der Waals surface area contributed by atoms with Crippen LogP contribution in [0.15, 0.2) is 12.2 Å². The van der Waals surface area contributed by atoms with Crippen LogP contribution in [0.3, 0.4) is 0 Å². The summed E-state index contributed by atoms with van der Waals surface area (Å²) in [5.41, 5.74) is -2.90. The molecule has 0 atom stereocenters. The van der Waals surface area contributed by atoms with Gasteiger partial charge in [0, 0.05) is 6.42 Å². The van der Waals surface area contributed by atoms with Crippen molar-refractivity contribution in [1.82, 2.24) is 5.06 Å². The predicted molar refractivity (Wildman–Crippen MR) is 120 cm³/mol. The highest BCUT2D eigenvalue weighted by Gasteiger charge is 2.38. The van der Waals surface area contributed by atoms with Gasteiger partial charge >= 0.3 is 5.97 Å². The van der Waals surface area contributed by atoms with E-state index in [0.717, 1.165) is 30.7 Å². The van der Waals surface area contributed by atoms with Crippen LogP contribution in [0.5, 0.6) is 0 Å². The van der Waals surface area contributed by atoms with Gasteiger partial charge in [0.15, 0.2) is 0 Å². The van der Waals surface area contributed by atoms with Gasteiger partial charge in [-0.25, -0.2) is 0 Å². The Balaban J connectivity index is 3.65. The number of unbranched alkanes of at least 4 members (excludes halogenated alkanes) is 11. The molecule has 0 spiro atoms. The number of aliphatic hydroxyl groups is 2. The molecule has 0 aliphatic carbocycles. The van der Waals surface area contributed by atoms with E-state index in [1.54, 1.807) is 0 Å². The van der Waals surface area contributed by atoms with E-state index in [9.17, 15) is 15.0 Å². The van der Waals surface area contributed by atoms with Gasteiger partial charge < -0.3 is 15.1 Å². The molecule has 0 unspecified atom stereocenters. The molecule has 2 N–H and O–H groups in total. The fraction of sp³-hybridized carbons (Fsp3) is 0.875. The topological polar surface area (TPSA) is 70.0 Å². The van der Waals surface area contributed by atoms with Gasteiger partial charge in [0.1, 0.15) is 11.4 Å². The van der Waals surface area contributed by atoms with Crippen LogP contribution in [0.4, 0.5) is 0 Å². The van der Waals surface area contributed by atoms with Crippen LogP contribution in [-0.4, -0.2) is 32.7 Å². The molecule has 5 heteroatoms. The van der Waals surface area contributed by atoms with Gasteiger partial charge in [-0.1, -0.05) is 75.5 Å². The van der Waals surface area contributed by atoms with Crippen LogP contribution in [0.1, 0.15) is 125 Å². The largest absolute Gasteiger partial charge is 0.373 e. The number of hydrogen-bond donors (Lipinski definition) is 2. The van der Waals surface area contributed by atoms with Crippen LogP contribution in [-0.2, 0) is 9.63 Å². The number of hydrogen-bond acceptors (Lipinski definition) is 5. The highest BCUT2D eigenvalue weighted by molar-refractivity contribution is 5.69. The molecule has 0 aromatic heterocycles. The Morgan fingerprint density at radius 2 is 1.17 bits per heavy atom. The van der Waals surface area contributed by atoms with Crippen LogP contribution in [0.25, 0.3) is 0 Å². The Kier molecular flexibility index (Phi) is 15.4. The average molecular weight is 414 g/mol. The first-order chi connectivity index (χ1) is 13.6. The molecule has 172 valence electrons. The molecule has 0 heterocycles. The van der Waals surface area contributed by atoms with Gasteiger partial charge in [-0.2, -0.15) is 0 Å². The molecule has 0 radical (unpaired) electrons. The summed E-state index contributed by atoms with van der Waals surface area (Å²) in [6.07, 6.45) is 20.6. The first-order valence-electron chi connectivity index (χ1n) is 11.7. The lowest BCUT2D eigenvalue weighted by molar-refractivity contribution is -0.346. The van der Waals surface area contributed by atoms with Crippen LogP contribution in [0, 0.1) is 0 Å². The Bertz CT molecular complexity index is 421. The zero-order valence-electron chi connectivity index (χ0n) is 19.7. The van der Waals surface area contributed by atoms with Crippen molar-refractivity contribution in [3.05, 3.63) is 12.2 Å². The summed E-state index contributed by atoms with van der Waals surface area (Å²) in [4.78, 5) is 17.2. The van der Waals surface area contributed by atoms with Gasteiger partial charge in [0.2, 0.25) is 0 Å². The number of hydroxylamine groups is 2. The second-order valence-electron chi connectivity index (χ2n) is 9.08. The van der Waals surface area contributed by atoms with Crippen LogP contribution < -0.4 is 0 Å². The Morgan fingerprint density at radius 3 is 1.62 bits per heavy atom. The molecule has 0 aromatic rings. The highest BCUT2D eigenvalue weighted by Crippen LogP contribution is 2.22. The molecule has 29 heavy (non-hydrogen) atoms. The van der Waals surface area contributed by atoms with Crippen molar-refractivity contribution in [2.75, 3.05) is 0 Å². The number of carbonyl (C=O) groups is 1. The maximum absolute atomic E-state index is 12.0. The van der Waals surface area contributed by atoms with Crippen molar-refractivity contribution in [2.24, 2.45) is 0 Å². The standard InChI is InChI=1S/C24H47NO4/c1-6-7-8-9-10-11-12-13-14-15-16-17-18-19-20-21-22(26)29-25(23(2,3)27)24(4,5)28/h13-14,27-28H,6-12,15-21H2,1-5H3/b14-13-. The summed E-state index contributed by atoms with van der Waals surface area (Å²) in [5.74, 6) is -0.424. The van der Waals surface area contributed by atoms with E-state index in [1.807, 2.05) is 0 Å². The third-order valence-corrected chi connectivity index (χ3v) is 4.83. The van der Waals surface area contributed by atoms with Crippen molar-refractivity contribution in [3.63, 3.8) is 0 Å². The number of carbonyl (C=O) groups excluding carboxylic acids is 1. The second kappa shape index (κ2) is 15.9. The Morgan fingerprint density at radius 1 is 0.759 bits per heavy atom. The summed E-state index contributed by atoms with van der Waals surface area (Å²) in [6, 6.07) is 0. The molecule has 0 fully saturated rings. The summed E-state index contributed by atoms with van der Waals surface area (Å²) < 4.78 is 0. The summed E-state index contributed by atoms with van der Waals surface area (Å²) >= 11 is 0. The fourth-order valence-corrected chi connectivity index (χ4v) is 3.38. The molecule has 0 rings (SSSR count). The molecule has 0 amide bonds. The van der Waals surface area contributed by atoms with Crippen molar-refractivity contribution in [1.29, 1.82) is 0 Å². The van der Waals surface area contributed by atoms with Gasteiger partial charge in [-0.3, -0.25) is 4.79 Å². The van der Waals surface area contributed by atoms with Crippen molar-refractivity contribution >= 4 is 5.97 Å². The average Bonchev–Trinajstić information content (AvgIpc) is 2.61. The third kappa shape index (κ3) is 16.6. The molecule has 0 saturated carbocycles. The Hall–Kier alpha value is -0.910. The quantitative estimate of drug-likeness (QED) is 0.120. The number of allylic oxidation sites excluding steroid dienone is 2. The molecule has 0 aliphatic heterocycles. The van der Waals surface area contributed by atoms with E-state index in [2.05, 4.69) is 19.1 Å². The number of nitrogens with zero attached hydrogens (tertiary/aromatic N) is 1. The Labute approximate surface area is 179 Å². The van der Waals surface area contributed by atoms with E-state index in [-0.39, 0.29) is 0 Å². The van der Waals surface area contributed by atoms with Crippen LogP contribution >= 0.6 is 0 Å². The van der Waals surface area contributed by atoms with E-state index >= 15 is 0 Å². The van der Waals surface area contributed by atoms with Gasteiger partial charge in [-0.15, -0.1) is 0 Å². The molecule has 0 aromatic carbocycles. The summed E-state index contributed by atoms with van der Waals surface area (Å²) in [7, 11) is 0. The van der Waals surface area contributed by atoms with Crippen molar-refractivity contribution in [2.45, 2.75) is 136 Å². The maximum atomic E-state index is 12.0. The summed E-state index contributed by atoms with van der Waals surface area (Å²) in [5, 5.41) is 21.0. The smallest absolute Gasteiger partial charge is 0.325 e. The molecule has 0 bridgehead atoms. The van der Waals surface area contributed by atoms with E-state index in [1.165, 1.54) is 85.5 Å². The van der Waals surface area contributed by atoms with Crippen molar-refractivity contribution in [3.8, 4) is 0 Å². The first kappa shape index (κ1) is 28.1. The van der Waals surface area contributed by atoms with Gasteiger partial charge in [-0.05, 0) is 59.8 Å². The SMILES string of the molecule is CCCCCCCC/C=C\CCCCCCCC(=O)ON(C(C)(C)O)C(C)(C)O. The van der Waals surface area contributed by atoms with Crippen LogP contribution in [0.2, 0.25) is 0 Å². The molecular formula is C24H47NO4. The second-order valence-corrected chi connectivity index (χ2v) is 9.08.